The summed E-state index contributed by atoms with van der Waals surface area (Å²) in [7, 11) is 0. The van der Waals surface area contributed by atoms with E-state index in [1.165, 1.54) is 137 Å². The average molecular weight is 968 g/mol. The van der Waals surface area contributed by atoms with E-state index in [0.717, 1.165) is 19.3 Å². The van der Waals surface area contributed by atoms with Crippen LogP contribution in [-0.4, -0.2) is 5.54 Å². The third-order valence-electron chi connectivity index (χ3n) is 20.5. The average Bonchev–Trinajstić information content (AvgIpc) is 3.84. The van der Waals surface area contributed by atoms with Gasteiger partial charge in [-0.05, 0) is 179 Å². The SMILES string of the molecule is Cc1cc(C)c2c3c1C1c4cc(C(C)(C)C)ccc4N(c4ccc(C(C)(C)C)cc4-c4ccc5ccccc5c4)c4cc(N5c6ccccc6C6(C)CCc7ccccc7C56C)cc(c41)N3C1(C)CCCCC21C. The fourth-order valence-electron chi connectivity index (χ4n) is 16.3. The molecule has 0 bridgehead atoms. The van der Waals surface area contributed by atoms with Crippen LogP contribution in [0.15, 0.2) is 146 Å². The van der Waals surface area contributed by atoms with E-state index in [2.05, 4.69) is 243 Å². The third kappa shape index (κ3) is 5.80. The zero-order chi connectivity index (χ0) is 51.2. The van der Waals surface area contributed by atoms with Crippen LogP contribution < -0.4 is 14.7 Å². The Morgan fingerprint density at radius 2 is 1.16 bits per heavy atom. The number of nitrogens with zero attached hydrogens (tertiary/aromatic N) is 3. The van der Waals surface area contributed by atoms with Gasteiger partial charge in [0.15, 0.2) is 0 Å². The Morgan fingerprint density at radius 3 is 1.93 bits per heavy atom. The molecule has 74 heavy (non-hydrogen) atoms. The molecule has 0 spiro atoms. The maximum Gasteiger partial charge on any atom is 0.0771 e. The first-order valence-corrected chi connectivity index (χ1v) is 28.0. The molecule has 5 unspecified atom stereocenters. The minimum absolute atomic E-state index is 0.0155. The number of para-hydroxylation sites is 1. The van der Waals surface area contributed by atoms with Gasteiger partial charge in [0.2, 0.25) is 0 Å². The molecule has 8 aromatic rings. The van der Waals surface area contributed by atoms with Crippen molar-refractivity contribution in [3.05, 3.63) is 207 Å². The van der Waals surface area contributed by atoms with Crippen LogP contribution in [0.25, 0.3) is 21.9 Å². The Kier molecular flexibility index (Phi) is 9.36. The van der Waals surface area contributed by atoms with Crippen molar-refractivity contribution in [2.75, 3.05) is 14.7 Å². The first-order chi connectivity index (χ1) is 35.3. The van der Waals surface area contributed by atoms with Gasteiger partial charge >= 0.3 is 0 Å². The number of rotatable bonds is 3. The molecule has 0 aromatic heterocycles. The molecule has 372 valence electrons. The third-order valence-corrected chi connectivity index (χ3v) is 20.5. The second-order valence-electron chi connectivity index (χ2n) is 26.4. The van der Waals surface area contributed by atoms with Crippen LogP contribution in [0.2, 0.25) is 0 Å². The Hall–Kier alpha value is -6.58. The highest BCUT2D eigenvalue weighted by atomic mass is 15.3. The molecule has 6 aliphatic rings. The number of fused-ring (bicyclic) bond motifs is 13. The molecule has 8 aromatic carbocycles. The highest BCUT2D eigenvalue weighted by Gasteiger charge is 2.63. The first-order valence-electron chi connectivity index (χ1n) is 28.0. The lowest BCUT2D eigenvalue weighted by Gasteiger charge is -2.54. The van der Waals surface area contributed by atoms with E-state index in [1.54, 1.807) is 5.56 Å². The van der Waals surface area contributed by atoms with Gasteiger partial charge in [-0.3, -0.25) is 0 Å². The lowest BCUT2D eigenvalue weighted by atomic mass is 9.59. The fourth-order valence-corrected chi connectivity index (χ4v) is 16.3. The quantitative estimate of drug-likeness (QED) is 0.175. The largest absolute Gasteiger partial charge is 0.334 e. The molecule has 3 nitrogen and oxygen atoms in total. The predicted molar refractivity (Wildman–Crippen MR) is 313 cm³/mol. The van der Waals surface area contributed by atoms with Gasteiger partial charge in [-0.15, -0.1) is 0 Å². The smallest absolute Gasteiger partial charge is 0.0771 e. The van der Waals surface area contributed by atoms with Gasteiger partial charge in [0.05, 0.1) is 39.5 Å². The minimum Gasteiger partial charge on any atom is -0.334 e. The van der Waals surface area contributed by atoms with Crippen LogP contribution >= 0.6 is 0 Å². The van der Waals surface area contributed by atoms with Crippen LogP contribution in [0.3, 0.4) is 0 Å². The Bertz CT molecular complexity index is 3730. The molecule has 5 atom stereocenters. The zero-order valence-electron chi connectivity index (χ0n) is 46.0. The summed E-state index contributed by atoms with van der Waals surface area (Å²) in [4.78, 5) is 8.54. The lowest BCUT2D eigenvalue weighted by Crippen LogP contribution is -2.55. The maximum absolute atomic E-state index is 2.97. The summed E-state index contributed by atoms with van der Waals surface area (Å²) >= 11 is 0. The number of anilines is 7. The van der Waals surface area contributed by atoms with E-state index < -0.39 is 0 Å². The molecule has 1 saturated carbocycles. The van der Waals surface area contributed by atoms with Crippen molar-refractivity contribution in [2.24, 2.45) is 0 Å². The molecule has 2 aliphatic carbocycles. The molecule has 4 aliphatic heterocycles. The molecule has 4 heterocycles. The standard InChI is InChI=1S/C71H73N3/c1-43-37-44(2)64-65-61(43)62-53-40-50(67(6,7)8)30-32-57(53)72(56-31-29-49(66(3,4)5)39-52(56)48-28-27-45-21-13-14-23-47(45)38-48)59-41-51(42-60(63(59)62)74(65)70(11)35-20-19-34-69(64,70)10)73-58-26-18-17-25-55(58)68(9)36-33-46-22-15-16-24-54(46)71(68,73)12/h13-18,21-32,37-42,62H,19-20,33-36H2,1-12H3. The normalized spacial score (nSPS) is 25.0. The van der Waals surface area contributed by atoms with Crippen molar-refractivity contribution >= 4 is 50.6 Å². The van der Waals surface area contributed by atoms with E-state index in [-0.39, 0.29) is 38.7 Å². The van der Waals surface area contributed by atoms with Crippen molar-refractivity contribution in [2.45, 2.75) is 160 Å². The molecule has 0 N–H and O–H groups in total. The minimum atomic E-state index is -0.352. The Balaban J connectivity index is 1.15. The number of aryl methyl sites for hydroxylation is 3. The van der Waals surface area contributed by atoms with Crippen molar-refractivity contribution < 1.29 is 0 Å². The van der Waals surface area contributed by atoms with Crippen LogP contribution in [0.4, 0.5) is 39.8 Å². The summed E-state index contributed by atoms with van der Waals surface area (Å²) in [6, 6.07) is 57.8. The summed E-state index contributed by atoms with van der Waals surface area (Å²) in [5.74, 6) is 0.0423. The van der Waals surface area contributed by atoms with Crippen molar-refractivity contribution in [1.82, 2.24) is 0 Å². The first kappa shape index (κ1) is 46.0. The zero-order valence-corrected chi connectivity index (χ0v) is 46.0. The highest BCUT2D eigenvalue weighted by Crippen LogP contribution is 2.72. The highest BCUT2D eigenvalue weighted by molar-refractivity contribution is 6.02. The predicted octanol–water partition coefficient (Wildman–Crippen LogP) is 19.0. The van der Waals surface area contributed by atoms with Crippen molar-refractivity contribution in [3.8, 4) is 11.1 Å². The summed E-state index contributed by atoms with van der Waals surface area (Å²) in [5.41, 5.74) is 27.0. The van der Waals surface area contributed by atoms with E-state index >= 15 is 0 Å². The second-order valence-corrected chi connectivity index (χ2v) is 26.4. The van der Waals surface area contributed by atoms with Crippen LogP contribution in [0, 0.1) is 13.8 Å². The van der Waals surface area contributed by atoms with E-state index in [1.807, 2.05) is 0 Å². The second kappa shape index (κ2) is 15.1. The topological polar surface area (TPSA) is 9.72 Å². The molecular formula is C71H73N3. The molecule has 0 saturated heterocycles. The van der Waals surface area contributed by atoms with Crippen LogP contribution in [0.5, 0.6) is 0 Å². The van der Waals surface area contributed by atoms with E-state index in [0.29, 0.717) is 0 Å². The van der Waals surface area contributed by atoms with Crippen LogP contribution in [-0.2, 0) is 33.6 Å². The van der Waals surface area contributed by atoms with Gasteiger partial charge in [0.1, 0.15) is 0 Å². The summed E-state index contributed by atoms with van der Waals surface area (Å²) in [6.07, 6.45) is 7.02. The number of hydrogen-bond acceptors (Lipinski definition) is 3. The summed E-state index contributed by atoms with van der Waals surface area (Å²) in [6.45, 7) is 29.6. The Labute approximate surface area is 441 Å². The van der Waals surface area contributed by atoms with Crippen molar-refractivity contribution in [1.29, 1.82) is 0 Å². The molecule has 0 radical (unpaired) electrons. The van der Waals surface area contributed by atoms with Gasteiger partial charge in [-0.2, -0.15) is 0 Å². The maximum atomic E-state index is 2.97. The number of hydrogen-bond donors (Lipinski definition) is 0. The van der Waals surface area contributed by atoms with Crippen molar-refractivity contribution in [3.63, 3.8) is 0 Å². The van der Waals surface area contributed by atoms with E-state index in [4.69, 9.17) is 0 Å². The summed E-state index contributed by atoms with van der Waals surface area (Å²) < 4.78 is 0. The molecule has 0 amide bonds. The molecular weight excluding hydrogens is 895 g/mol. The number of benzene rings is 8. The molecule has 3 heteroatoms. The van der Waals surface area contributed by atoms with Gasteiger partial charge in [-0.25, -0.2) is 0 Å². The van der Waals surface area contributed by atoms with Gasteiger partial charge < -0.3 is 14.7 Å². The summed E-state index contributed by atoms with van der Waals surface area (Å²) in [5, 5.41) is 2.53. The van der Waals surface area contributed by atoms with Crippen LogP contribution in [0.1, 0.15) is 168 Å². The van der Waals surface area contributed by atoms with Gasteiger partial charge in [0, 0.05) is 39.2 Å². The van der Waals surface area contributed by atoms with Gasteiger partial charge in [-0.1, -0.05) is 171 Å². The van der Waals surface area contributed by atoms with Gasteiger partial charge in [0.25, 0.3) is 0 Å². The fraction of sp³-hybridized carbons (Fsp3) is 0.352. The molecule has 14 rings (SSSR count). The monoisotopic (exact) mass is 968 g/mol. The van der Waals surface area contributed by atoms with E-state index in [9.17, 15) is 0 Å². The Morgan fingerprint density at radius 1 is 0.500 bits per heavy atom. The molecule has 1 fully saturated rings. The lowest BCUT2D eigenvalue weighted by molar-refractivity contribution is 0.194.